The molecule has 0 bridgehead atoms. The highest BCUT2D eigenvalue weighted by Crippen LogP contribution is 2.16. The van der Waals surface area contributed by atoms with Crippen molar-refractivity contribution in [2.75, 3.05) is 44.2 Å². The van der Waals surface area contributed by atoms with E-state index in [0.717, 1.165) is 44.8 Å². The number of carbonyl (C=O) groups excluding carboxylic acids is 1. The Hall–Kier alpha value is -2.40. The molecule has 2 aromatic rings. The van der Waals surface area contributed by atoms with Crippen LogP contribution in [0.25, 0.3) is 0 Å². The van der Waals surface area contributed by atoms with Gasteiger partial charge in [0.05, 0.1) is 0 Å². The number of benzene rings is 2. The van der Waals surface area contributed by atoms with Crippen LogP contribution in [0.5, 0.6) is 0 Å². The standard InChI is InChI=1S/C21H26FN3O/c1-2-17-3-5-18(6-4-17)21(26)23-11-12-24-13-15-25(16-14-24)20-9-7-19(22)8-10-20/h3-10H,2,11-16H2,1H3,(H,23,26). The van der Waals surface area contributed by atoms with Gasteiger partial charge in [0.2, 0.25) is 0 Å². The van der Waals surface area contributed by atoms with Crippen molar-refractivity contribution < 1.29 is 9.18 Å². The Labute approximate surface area is 154 Å². The van der Waals surface area contributed by atoms with Crippen LogP contribution < -0.4 is 10.2 Å². The summed E-state index contributed by atoms with van der Waals surface area (Å²) in [5.74, 6) is -0.218. The molecule has 0 unspecified atom stereocenters. The third kappa shape index (κ3) is 4.82. The van der Waals surface area contributed by atoms with E-state index in [0.29, 0.717) is 12.1 Å². The molecule has 0 atom stereocenters. The van der Waals surface area contributed by atoms with E-state index < -0.39 is 0 Å². The normalized spacial score (nSPS) is 15.1. The predicted octanol–water partition coefficient (Wildman–Crippen LogP) is 2.94. The summed E-state index contributed by atoms with van der Waals surface area (Å²) in [5, 5.41) is 3.00. The minimum absolute atomic E-state index is 0.0161. The van der Waals surface area contributed by atoms with Gasteiger partial charge in [0.25, 0.3) is 5.91 Å². The van der Waals surface area contributed by atoms with Crippen LogP contribution in [-0.4, -0.2) is 50.1 Å². The lowest BCUT2D eigenvalue weighted by Crippen LogP contribution is -2.48. The molecule has 0 aliphatic carbocycles. The van der Waals surface area contributed by atoms with Gasteiger partial charge in [-0.1, -0.05) is 19.1 Å². The maximum Gasteiger partial charge on any atom is 0.251 e. The molecule has 0 saturated carbocycles. The molecule has 1 aliphatic heterocycles. The van der Waals surface area contributed by atoms with Gasteiger partial charge in [-0.2, -0.15) is 0 Å². The van der Waals surface area contributed by atoms with E-state index >= 15 is 0 Å². The first-order chi connectivity index (χ1) is 12.7. The predicted molar refractivity (Wildman–Crippen MR) is 103 cm³/mol. The van der Waals surface area contributed by atoms with E-state index in [9.17, 15) is 9.18 Å². The highest BCUT2D eigenvalue weighted by Gasteiger charge is 2.17. The summed E-state index contributed by atoms with van der Waals surface area (Å²) in [4.78, 5) is 16.8. The number of halogens is 1. The fourth-order valence-corrected chi connectivity index (χ4v) is 3.20. The Morgan fingerprint density at radius 3 is 2.27 bits per heavy atom. The van der Waals surface area contributed by atoms with Crippen LogP contribution in [0, 0.1) is 5.82 Å². The van der Waals surface area contributed by atoms with E-state index in [4.69, 9.17) is 0 Å². The number of nitrogens with one attached hydrogen (secondary N) is 1. The molecule has 1 heterocycles. The summed E-state index contributed by atoms with van der Waals surface area (Å²) < 4.78 is 13.0. The second kappa shape index (κ2) is 8.81. The number of rotatable bonds is 6. The number of piperazine rings is 1. The van der Waals surface area contributed by atoms with Crippen molar-refractivity contribution in [1.29, 1.82) is 0 Å². The van der Waals surface area contributed by atoms with Gasteiger partial charge in [0.1, 0.15) is 5.82 Å². The molecule has 26 heavy (non-hydrogen) atoms. The van der Waals surface area contributed by atoms with Crippen LogP contribution in [0.2, 0.25) is 0 Å². The average Bonchev–Trinajstić information content (AvgIpc) is 2.69. The third-order valence-electron chi connectivity index (χ3n) is 4.90. The molecule has 0 aromatic heterocycles. The van der Waals surface area contributed by atoms with Crippen molar-refractivity contribution in [3.8, 4) is 0 Å². The van der Waals surface area contributed by atoms with Crippen LogP contribution in [-0.2, 0) is 6.42 Å². The zero-order valence-corrected chi connectivity index (χ0v) is 15.2. The minimum atomic E-state index is -0.201. The second-order valence-corrected chi connectivity index (χ2v) is 6.61. The van der Waals surface area contributed by atoms with E-state index in [1.807, 2.05) is 36.4 Å². The maximum atomic E-state index is 13.0. The van der Waals surface area contributed by atoms with Crippen molar-refractivity contribution in [1.82, 2.24) is 10.2 Å². The SMILES string of the molecule is CCc1ccc(C(=O)NCCN2CCN(c3ccc(F)cc3)CC2)cc1. The number of anilines is 1. The van der Waals surface area contributed by atoms with E-state index in [2.05, 4.69) is 22.0 Å². The van der Waals surface area contributed by atoms with E-state index in [1.54, 1.807) is 0 Å². The first kappa shape index (κ1) is 18.4. The summed E-state index contributed by atoms with van der Waals surface area (Å²) in [6, 6.07) is 14.4. The number of carbonyl (C=O) groups is 1. The smallest absolute Gasteiger partial charge is 0.251 e. The van der Waals surface area contributed by atoms with Gasteiger partial charge < -0.3 is 10.2 Å². The molecule has 1 amide bonds. The highest BCUT2D eigenvalue weighted by molar-refractivity contribution is 5.94. The Morgan fingerprint density at radius 2 is 1.65 bits per heavy atom. The molecule has 0 radical (unpaired) electrons. The summed E-state index contributed by atoms with van der Waals surface area (Å²) in [5.41, 5.74) is 3.01. The largest absolute Gasteiger partial charge is 0.369 e. The topological polar surface area (TPSA) is 35.6 Å². The Morgan fingerprint density at radius 1 is 1.00 bits per heavy atom. The number of hydrogen-bond acceptors (Lipinski definition) is 3. The lowest BCUT2D eigenvalue weighted by molar-refractivity contribution is 0.0948. The van der Waals surface area contributed by atoms with Gasteiger partial charge >= 0.3 is 0 Å². The Kier molecular flexibility index (Phi) is 6.23. The van der Waals surface area contributed by atoms with Crippen LogP contribution in [0.3, 0.4) is 0 Å². The van der Waals surface area contributed by atoms with Gasteiger partial charge in [0, 0.05) is 50.5 Å². The summed E-state index contributed by atoms with van der Waals surface area (Å²) in [6.45, 7) is 7.30. The molecule has 3 rings (SSSR count). The number of aryl methyl sites for hydroxylation is 1. The van der Waals surface area contributed by atoms with E-state index in [-0.39, 0.29) is 11.7 Å². The average molecular weight is 355 g/mol. The lowest BCUT2D eigenvalue weighted by Gasteiger charge is -2.36. The van der Waals surface area contributed by atoms with Gasteiger partial charge in [0.15, 0.2) is 0 Å². The third-order valence-corrected chi connectivity index (χ3v) is 4.90. The van der Waals surface area contributed by atoms with Gasteiger partial charge in [-0.15, -0.1) is 0 Å². The molecular formula is C21H26FN3O. The highest BCUT2D eigenvalue weighted by atomic mass is 19.1. The first-order valence-corrected chi connectivity index (χ1v) is 9.25. The zero-order valence-electron chi connectivity index (χ0n) is 15.2. The summed E-state index contributed by atoms with van der Waals surface area (Å²) in [7, 11) is 0. The summed E-state index contributed by atoms with van der Waals surface area (Å²) >= 11 is 0. The van der Waals surface area contributed by atoms with Crippen molar-refractivity contribution >= 4 is 11.6 Å². The van der Waals surface area contributed by atoms with Crippen LogP contribution in [0.1, 0.15) is 22.8 Å². The lowest BCUT2D eigenvalue weighted by atomic mass is 10.1. The molecule has 1 aliphatic rings. The molecule has 0 spiro atoms. The van der Waals surface area contributed by atoms with E-state index in [1.165, 1.54) is 17.7 Å². The number of amides is 1. The zero-order chi connectivity index (χ0) is 18.4. The van der Waals surface area contributed by atoms with Crippen molar-refractivity contribution in [2.24, 2.45) is 0 Å². The maximum absolute atomic E-state index is 13.0. The van der Waals surface area contributed by atoms with Crippen LogP contribution in [0.15, 0.2) is 48.5 Å². The molecular weight excluding hydrogens is 329 g/mol. The summed E-state index contributed by atoms with van der Waals surface area (Å²) in [6.07, 6.45) is 0.978. The molecule has 5 heteroatoms. The number of nitrogens with zero attached hydrogens (tertiary/aromatic N) is 2. The fourth-order valence-electron chi connectivity index (χ4n) is 3.20. The molecule has 4 nitrogen and oxygen atoms in total. The van der Waals surface area contributed by atoms with Gasteiger partial charge in [-0.25, -0.2) is 4.39 Å². The molecule has 1 saturated heterocycles. The minimum Gasteiger partial charge on any atom is -0.369 e. The van der Waals surface area contributed by atoms with Gasteiger partial charge in [-0.3, -0.25) is 9.69 Å². The molecule has 2 aromatic carbocycles. The molecule has 138 valence electrons. The van der Waals surface area contributed by atoms with Gasteiger partial charge in [-0.05, 0) is 48.4 Å². The Balaban J connectivity index is 1.39. The fraction of sp³-hybridized carbons (Fsp3) is 0.381. The van der Waals surface area contributed by atoms with Crippen molar-refractivity contribution in [2.45, 2.75) is 13.3 Å². The van der Waals surface area contributed by atoms with Crippen LogP contribution >= 0.6 is 0 Å². The second-order valence-electron chi connectivity index (χ2n) is 6.61. The van der Waals surface area contributed by atoms with Crippen molar-refractivity contribution in [3.05, 3.63) is 65.5 Å². The quantitative estimate of drug-likeness (QED) is 0.865. The molecule has 1 fully saturated rings. The van der Waals surface area contributed by atoms with Crippen molar-refractivity contribution in [3.63, 3.8) is 0 Å². The molecule has 1 N–H and O–H groups in total. The van der Waals surface area contributed by atoms with Crippen LogP contribution in [0.4, 0.5) is 10.1 Å². The first-order valence-electron chi connectivity index (χ1n) is 9.25. The Bertz CT molecular complexity index is 707. The monoisotopic (exact) mass is 355 g/mol. The number of hydrogen-bond donors (Lipinski definition) is 1.